The van der Waals surface area contributed by atoms with Crippen LogP contribution in [-0.4, -0.2) is 49.7 Å². The Labute approximate surface area is 306 Å². The highest BCUT2D eigenvalue weighted by Gasteiger charge is 2.49. The number of hydrogen-bond donors (Lipinski definition) is 0. The molecule has 0 amide bonds. The average molecular weight is 692 g/mol. The van der Waals surface area contributed by atoms with Crippen molar-refractivity contribution in [3.05, 3.63) is 0 Å². The molecule has 1 fully saturated rings. The van der Waals surface area contributed by atoms with Crippen molar-refractivity contribution >= 4 is 11.9 Å². The van der Waals surface area contributed by atoms with Crippen molar-refractivity contribution < 1.29 is 19.1 Å². The first-order chi connectivity index (χ1) is 23.5. The normalized spacial score (nSPS) is 16.1. The first-order valence-electron chi connectivity index (χ1n) is 21.5. The third-order valence-corrected chi connectivity index (χ3v) is 12.3. The number of carbonyl (C=O) groups excluding carboxylic acids is 2. The lowest BCUT2D eigenvalue weighted by atomic mass is 9.59. The predicted octanol–water partition coefficient (Wildman–Crippen LogP) is 12.9. The van der Waals surface area contributed by atoms with Gasteiger partial charge in [0.25, 0.3) is 0 Å². The molecule has 0 aromatic heterocycles. The zero-order chi connectivity index (χ0) is 36.4. The smallest absolute Gasteiger partial charge is 0.312 e. The quantitative estimate of drug-likeness (QED) is 0.0535. The molecule has 1 aliphatic heterocycles. The van der Waals surface area contributed by atoms with Gasteiger partial charge in [-0.2, -0.15) is 0 Å². The summed E-state index contributed by atoms with van der Waals surface area (Å²) in [5, 5.41) is 0. The summed E-state index contributed by atoms with van der Waals surface area (Å²) < 4.78 is 12.2. The van der Waals surface area contributed by atoms with Crippen LogP contribution in [0.25, 0.3) is 0 Å². The molecule has 2 unspecified atom stereocenters. The molecule has 5 nitrogen and oxygen atoms in total. The van der Waals surface area contributed by atoms with Crippen LogP contribution >= 0.6 is 0 Å². The highest BCUT2D eigenvalue weighted by Crippen LogP contribution is 2.49. The molecule has 49 heavy (non-hydrogen) atoms. The van der Waals surface area contributed by atoms with E-state index in [2.05, 4.69) is 60.4 Å². The van der Waals surface area contributed by atoms with Crippen LogP contribution in [-0.2, 0) is 19.1 Å². The monoisotopic (exact) mass is 692 g/mol. The predicted molar refractivity (Wildman–Crippen MR) is 210 cm³/mol. The molecule has 1 rings (SSSR count). The number of nitrogens with zero attached hydrogens (tertiary/aromatic N) is 1. The Morgan fingerprint density at radius 3 is 1.63 bits per heavy atom. The summed E-state index contributed by atoms with van der Waals surface area (Å²) in [4.78, 5) is 28.7. The Morgan fingerprint density at radius 1 is 0.633 bits per heavy atom. The van der Waals surface area contributed by atoms with E-state index in [0.717, 1.165) is 77.3 Å². The lowest BCUT2D eigenvalue weighted by molar-refractivity contribution is -0.171. The maximum absolute atomic E-state index is 13.8. The van der Waals surface area contributed by atoms with E-state index < -0.39 is 5.41 Å². The topological polar surface area (TPSA) is 55.8 Å². The number of hydrogen-bond acceptors (Lipinski definition) is 5. The van der Waals surface area contributed by atoms with Gasteiger partial charge in [-0.3, -0.25) is 9.59 Å². The Kier molecular flexibility index (Phi) is 25.8. The minimum atomic E-state index is -0.516. The van der Waals surface area contributed by atoms with Crippen LogP contribution in [0.3, 0.4) is 0 Å². The standard InChI is InChI=1S/C44H85NO4/c1-9-12-15-17-18-21-25-30-40(49-42(47)44(6,7)43(4,5)39-33-35-45(8)36-34-39)31-26-22-19-20-23-27-32-41(46)48-37-38(28-14-11-3)29-24-16-13-10-2/h38-40H,9-37H2,1-8H3. The highest BCUT2D eigenvalue weighted by atomic mass is 16.5. The zero-order valence-corrected chi connectivity index (χ0v) is 34.3. The molecule has 5 heteroatoms. The van der Waals surface area contributed by atoms with Crippen LogP contribution in [0.1, 0.15) is 215 Å². The number of ether oxygens (including phenoxy) is 2. The van der Waals surface area contributed by atoms with Gasteiger partial charge in [-0.05, 0) is 109 Å². The first kappa shape index (κ1) is 45.9. The van der Waals surface area contributed by atoms with Gasteiger partial charge in [0.05, 0.1) is 12.0 Å². The lowest BCUT2D eigenvalue weighted by Crippen LogP contribution is -2.49. The number of piperidine rings is 1. The van der Waals surface area contributed by atoms with Crippen LogP contribution < -0.4 is 0 Å². The third-order valence-electron chi connectivity index (χ3n) is 12.3. The Hall–Kier alpha value is -1.10. The minimum Gasteiger partial charge on any atom is -0.465 e. The minimum absolute atomic E-state index is 0.00411. The van der Waals surface area contributed by atoms with Gasteiger partial charge in [-0.15, -0.1) is 0 Å². The van der Waals surface area contributed by atoms with Crippen molar-refractivity contribution in [3.63, 3.8) is 0 Å². The summed E-state index contributed by atoms with van der Waals surface area (Å²) in [5.41, 5.74) is -0.620. The van der Waals surface area contributed by atoms with E-state index in [1.165, 1.54) is 96.3 Å². The number of rotatable bonds is 31. The van der Waals surface area contributed by atoms with Gasteiger partial charge in [-0.25, -0.2) is 0 Å². The van der Waals surface area contributed by atoms with Gasteiger partial charge in [0.15, 0.2) is 0 Å². The highest BCUT2D eigenvalue weighted by molar-refractivity contribution is 5.77. The number of esters is 2. The maximum Gasteiger partial charge on any atom is 0.312 e. The fourth-order valence-electron chi connectivity index (χ4n) is 7.69. The van der Waals surface area contributed by atoms with Crippen molar-refractivity contribution in [2.45, 2.75) is 222 Å². The van der Waals surface area contributed by atoms with E-state index in [0.29, 0.717) is 24.9 Å². The second kappa shape index (κ2) is 27.5. The molecule has 290 valence electrons. The van der Waals surface area contributed by atoms with E-state index in [4.69, 9.17) is 9.47 Å². The van der Waals surface area contributed by atoms with Crippen molar-refractivity contribution in [1.82, 2.24) is 4.90 Å². The van der Waals surface area contributed by atoms with Gasteiger partial charge in [0, 0.05) is 6.42 Å². The number of unbranched alkanes of at least 4 members (excludes halogenated alkanes) is 15. The maximum atomic E-state index is 13.8. The number of likely N-dealkylation sites (tertiary alicyclic amines) is 1. The Balaban J connectivity index is 2.46. The fourth-order valence-corrected chi connectivity index (χ4v) is 7.69. The molecular formula is C44H85NO4. The zero-order valence-electron chi connectivity index (χ0n) is 34.3. The van der Waals surface area contributed by atoms with Gasteiger partial charge in [-0.1, -0.05) is 137 Å². The average Bonchev–Trinajstić information content (AvgIpc) is 3.08. The van der Waals surface area contributed by atoms with E-state index in [9.17, 15) is 9.59 Å². The fraction of sp³-hybridized carbons (Fsp3) is 0.955. The van der Waals surface area contributed by atoms with E-state index in [1.807, 2.05) is 0 Å². The molecule has 0 saturated carbocycles. The van der Waals surface area contributed by atoms with Crippen molar-refractivity contribution in [1.29, 1.82) is 0 Å². The molecule has 0 aliphatic carbocycles. The molecule has 2 atom stereocenters. The largest absolute Gasteiger partial charge is 0.465 e. The molecule has 0 aromatic rings. The van der Waals surface area contributed by atoms with Crippen LogP contribution in [0.5, 0.6) is 0 Å². The van der Waals surface area contributed by atoms with Crippen LogP contribution in [0.15, 0.2) is 0 Å². The first-order valence-corrected chi connectivity index (χ1v) is 21.5. The summed E-state index contributed by atoms with van der Waals surface area (Å²) in [5.74, 6) is 1.07. The lowest BCUT2D eigenvalue weighted by Gasteiger charge is -2.48. The van der Waals surface area contributed by atoms with E-state index in [-0.39, 0.29) is 23.5 Å². The summed E-state index contributed by atoms with van der Waals surface area (Å²) in [6.45, 7) is 18.5. The third kappa shape index (κ3) is 19.9. The van der Waals surface area contributed by atoms with Gasteiger partial charge in [0.2, 0.25) is 0 Å². The van der Waals surface area contributed by atoms with Crippen LogP contribution in [0.4, 0.5) is 0 Å². The van der Waals surface area contributed by atoms with Crippen LogP contribution in [0.2, 0.25) is 0 Å². The van der Waals surface area contributed by atoms with Crippen LogP contribution in [0, 0.1) is 22.7 Å². The molecule has 0 radical (unpaired) electrons. The SMILES string of the molecule is CCCCCCCCCC(CCCCCCCCC(=O)OCC(CCCC)CCCCCC)OC(=O)C(C)(C)C(C)(C)C1CCN(C)CC1. The van der Waals surface area contributed by atoms with Crippen molar-refractivity contribution in [2.75, 3.05) is 26.7 Å². The molecule has 0 N–H and O–H groups in total. The van der Waals surface area contributed by atoms with Gasteiger partial charge < -0.3 is 14.4 Å². The summed E-state index contributed by atoms with van der Waals surface area (Å²) >= 11 is 0. The molecule has 0 aromatic carbocycles. The van der Waals surface area contributed by atoms with E-state index >= 15 is 0 Å². The summed E-state index contributed by atoms with van der Waals surface area (Å²) in [7, 11) is 2.20. The molecule has 1 aliphatic rings. The number of carbonyl (C=O) groups is 2. The summed E-state index contributed by atoms with van der Waals surface area (Å²) in [6.07, 6.45) is 30.4. The van der Waals surface area contributed by atoms with Crippen molar-refractivity contribution in [3.8, 4) is 0 Å². The molecular weight excluding hydrogens is 606 g/mol. The second-order valence-electron chi connectivity index (χ2n) is 17.1. The Morgan fingerprint density at radius 2 is 1.08 bits per heavy atom. The van der Waals surface area contributed by atoms with Gasteiger partial charge >= 0.3 is 11.9 Å². The van der Waals surface area contributed by atoms with Crippen molar-refractivity contribution in [2.24, 2.45) is 22.7 Å². The molecule has 0 spiro atoms. The summed E-state index contributed by atoms with van der Waals surface area (Å²) in [6, 6.07) is 0. The van der Waals surface area contributed by atoms with E-state index in [1.54, 1.807) is 0 Å². The molecule has 0 bridgehead atoms. The molecule has 1 heterocycles. The molecule has 1 saturated heterocycles. The van der Waals surface area contributed by atoms with Gasteiger partial charge in [0.1, 0.15) is 6.10 Å². The Bertz CT molecular complexity index is 816. The second-order valence-corrected chi connectivity index (χ2v) is 17.1.